The van der Waals surface area contributed by atoms with Crippen molar-refractivity contribution in [2.45, 2.75) is 45.4 Å². The van der Waals surface area contributed by atoms with Gasteiger partial charge in [0.25, 0.3) is 0 Å². The van der Waals surface area contributed by atoms with Crippen molar-refractivity contribution in [2.75, 3.05) is 11.4 Å². The van der Waals surface area contributed by atoms with Gasteiger partial charge in [0, 0.05) is 29.4 Å². The summed E-state index contributed by atoms with van der Waals surface area (Å²) in [5.41, 5.74) is 6.08. The average Bonchev–Trinajstić information content (AvgIpc) is 3.14. The number of fused-ring (bicyclic) bond motifs is 2. The summed E-state index contributed by atoms with van der Waals surface area (Å²) in [6.07, 6.45) is -0.728. The SMILES string of the molecule is C=C(/C=C(/C=C1/N(CCc2ccccc2)c2ccccc2C1(C)C)OC(F)(F)F)Cc1ccc2ccccc2c1C. The van der Waals surface area contributed by atoms with Gasteiger partial charge in [0.1, 0.15) is 5.76 Å². The number of ether oxygens (including phenoxy) is 1. The smallest absolute Gasteiger partial charge is 0.406 e. The Bertz CT molecular complexity index is 1630. The van der Waals surface area contributed by atoms with E-state index in [1.807, 2.05) is 93.6 Å². The Hall–Kier alpha value is -4.25. The molecule has 5 rings (SSSR count). The fourth-order valence-electron chi connectivity index (χ4n) is 5.76. The molecule has 0 N–H and O–H groups in total. The molecule has 0 fully saturated rings. The molecule has 0 atom stereocenters. The summed E-state index contributed by atoms with van der Waals surface area (Å²) in [5.74, 6) is -0.276. The van der Waals surface area contributed by atoms with Crippen LogP contribution in [0.5, 0.6) is 0 Å². The maximum absolute atomic E-state index is 13.7. The lowest BCUT2D eigenvalue weighted by Gasteiger charge is -2.28. The Labute approximate surface area is 240 Å². The zero-order valence-corrected chi connectivity index (χ0v) is 23.6. The third-order valence-corrected chi connectivity index (χ3v) is 7.85. The first kappa shape index (κ1) is 28.3. The molecule has 1 aliphatic rings. The third-order valence-electron chi connectivity index (χ3n) is 7.85. The third kappa shape index (κ3) is 6.25. The molecule has 0 saturated heterocycles. The number of halogens is 3. The highest BCUT2D eigenvalue weighted by Gasteiger charge is 2.41. The van der Waals surface area contributed by atoms with Crippen LogP contribution in [0.25, 0.3) is 10.8 Å². The van der Waals surface area contributed by atoms with Crippen LogP contribution in [0.2, 0.25) is 0 Å². The van der Waals surface area contributed by atoms with Crippen LogP contribution in [0.1, 0.15) is 36.1 Å². The van der Waals surface area contributed by atoms with Crippen LogP contribution < -0.4 is 4.90 Å². The predicted octanol–water partition coefficient (Wildman–Crippen LogP) is 9.59. The molecule has 1 aliphatic heterocycles. The molecular weight excluding hydrogens is 519 g/mol. The molecule has 4 aromatic carbocycles. The van der Waals surface area contributed by atoms with E-state index in [1.54, 1.807) is 0 Å². The number of hydrogen-bond acceptors (Lipinski definition) is 2. The maximum Gasteiger partial charge on any atom is 0.573 e. The van der Waals surface area contributed by atoms with E-state index in [9.17, 15) is 13.2 Å². The van der Waals surface area contributed by atoms with Crippen molar-refractivity contribution < 1.29 is 17.9 Å². The summed E-state index contributed by atoms with van der Waals surface area (Å²) >= 11 is 0. The van der Waals surface area contributed by atoms with E-state index in [2.05, 4.69) is 34.4 Å². The van der Waals surface area contributed by atoms with Crippen LogP contribution in [0.15, 0.2) is 127 Å². The summed E-state index contributed by atoms with van der Waals surface area (Å²) in [6, 6.07) is 30.2. The van der Waals surface area contributed by atoms with Gasteiger partial charge in [-0.3, -0.25) is 0 Å². The second-order valence-corrected chi connectivity index (χ2v) is 11.1. The van der Waals surface area contributed by atoms with Crippen molar-refractivity contribution in [1.82, 2.24) is 0 Å². The minimum atomic E-state index is -4.84. The molecule has 0 unspecified atom stereocenters. The highest BCUT2D eigenvalue weighted by Crippen LogP contribution is 2.48. The normalized spacial score (nSPS) is 15.8. The number of anilines is 1. The molecule has 210 valence electrons. The molecule has 0 aromatic heterocycles. The lowest BCUT2D eigenvalue weighted by molar-refractivity contribution is -0.303. The minimum Gasteiger partial charge on any atom is -0.406 e. The molecule has 5 heteroatoms. The van der Waals surface area contributed by atoms with Crippen molar-refractivity contribution in [3.8, 4) is 0 Å². The Kier molecular flexibility index (Phi) is 7.81. The highest BCUT2D eigenvalue weighted by atomic mass is 19.4. The summed E-state index contributed by atoms with van der Waals surface area (Å²) in [7, 11) is 0. The Balaban J connectivity index is 1.51. The Morgan fingerprint density at radius 3 is 2.34 bits per heavy atom. The first-order valence-electron chi connectivity index (χ1n) is 13.8. The van der Waals surface area contributed by atoms with Crippen molar-refractivity contribution in [3.05, 3.63) is 149 Å². The summed E-state index contributed by atoms with van der Waals surface area (Å²) < 4.78 is 45.7. The zero-order chi connectivity index (χ0) is 29.2. The molecule has 0 saturated carbocycles. The van der Waals surface area contributed by atoms with Gasteiger partial charge in [0.15, 0.2) is 0 Å². The molecule has 0 aliphatic carbocycles. The fraction of sp³-hybridized carbons (Fsp3) is 0.222. The van der Waals surface area contributed by atoms with E-state index in [4.69, 9.17) is 0 Å². The number of rotatable bonds is 8. The summed E-state index contributed by atoms with van der Waals surface area (Å²) in [5, 5.41) is 2.24. The topological polar surface area (TPSA) is 12.5 Å². The first-order valence-corrected chi connectivity index (χ1v) is 13.8. The van der Waals surface area contributed by atoms with Crippen LogP contribution >= 0.6 is 0 Å². The van der Waals surface area contributed by atoms with Gasteiger partial charge in [0.2, 0.25) is 0 Å². The first-order chi connectivity index (χ1) is 19.5. The summed E-state index contributed by atoms with van der Waals surface area (Å²) in [4.78, 5) is 2.12. The Morgan fingerprint density at radius 2 is 1.59 bits per heavy atom. The molecule has 0 spiro atoms. The van der Waals surface area contributed by atoms with Gasteiger partial charge in [-0.2, -0.15) is 0 Å². The average molecular weight is 554 g/mol. The quantitative estimate of drug-likeness (QED) is 0.159. The van der Waals surface area contributed by atoms with E-state index in [0.717, 1.165) is 50.8 Å². The van der Waals surface area contributed by atoms with Crippen LogP contribution in [-0.4, -0.2) is 12.9 Å². The van der Waals surface area contributed by atoms with Gasteiger partial charge in [-0.25, -0.2) is 0 Å². The van der Waals surface area contributed by atoms with Crippen LogP contribution in [-0.2, 0) is 23.0 Å². The van der Waals surface area contributed by atoms with Gasteiger partial charge < -0.3 is 9.64 Å². The number of nitrogens with zero attached hydrogens (tertiary/aromatic N) is 1. The lowest BCUT2D eigenvalue weighted by Crippen LogP contribution is -2.28. The van der Waals surface area contributed by atoms with Crippen LogP contribution in [0.3, 0.4) is 0 Å². The standard InChI is InChI=1S/C36H34F3NO/c1-25(22-29-19-18-28-14-8-9-15-31(28)26(29)2)23-30(41-36(37,38)39)24-34-35(3,4)32-16-10-11-17-33(32)40(34)21-20-27-12-6-5-7-13-27/h5-19,23-24H,1,20-22H2,2-4H3/b30-23-,34-24+. The minimum absolute atomic E-state index is 0.276. The van der Waals surface area contributed by atoms with E-state index < -0.39 is 11.8 Å². The Morgan fingerprint density at radius 1 is 0.902 bits per heavy atom. The molecule has 1 heterocycles. The molecule has 41 heavy (non-hydrogen) atoms. The van der Waals surface area contributed by atoms with Crippen molar-refractivity contribution >= 4 is 16.5 Å². The predicted molar refractivity (Wildman–Crippen MR) is 162 cm³/mol. The number of allylic oxidation sites excluding steroid dienone is 4. The molecule has 4 aromatic rings. The van der Waals surface area contributed by atoms with E-state index in [-0.39, 0.29) is 5.76 Å². The molecule has 0 bridgehead atoms. The molecule has 2 nitrogen and oxygen atoms in total. The largest absolute Gasteiger partial charge is 0.573 e. The second kappa shape index (κ2) is 11.3. The van der Waals surface area contributed by atoms with Gasteiger partial charge in [-0.15, -0.1) is 13.2 Å². The van der Waals surface area contributed by atoms with Crippen molar-refractivity contribution in [1.29, 1.82) is 0 Å². The molecule has 0 amide bonds. The zero-order valence-electron chi connectivity index (χ0n) is 23.6. The number of hydrogen-bond donors (Lipinski definition) is 0. The monoisotopic (exact) mass is 553 g/mol. The van der Waals surface area contributed by atoms with Crippen LogP contribution in [0, 0.1) is 6.92 Å². The van der Waals surface area contributed by atoms with E-state index in [1.165, 1.54) is 12.2 Å². The van der Waals surface area contributed by atoms with Gasteiger partial charge >= 0.3 is 6.36 Å². The molecular formula is C36H34F3NO. The molecule has 0 radical (unpaired) electrons. The number of benzene rings is 4. The number of para-hydroxylation sites is 1. The van der Waals surface area contributed by atoms with Crippen molar-refractivity contribution in [2.24, 2.45) is 0 Å². The number of alkyl halides is 3. The van der Waals surface area contributed by atoms with Gasteiger partial charge in [-0.1, -0.05) is 105 Å². The second-order valence-electron chi connectivity index (χ2n) is 11.1. The van der Waals surface area contributed by atoms with E-state index >= 15 is 0 Å². The van der Waals surface area contributed by atoms with Crippen molar-refractivity contribution in [3.63, 3.8) is 0 Å². The van der Waals surface area contributed by atoms with Gasteiger partial charge in [-0.05, 0) is 70.5 Å². The maximum atomic E-state index is 13.7. The highest BCUT2D eigenvalue weighted by molar-refractivity contribution is 5.86. The van der Waals surface area contributed by atoms with E-state index in [0.29, 0.717) is 18.5 Å². The fourth-order valence-corrected chi connectivity index (χ4v) is 5.76. The summed E-state index contributed by atoms with van der Waals surface area (Å²) in [6.45, 7) is 10.9. The van der Waals surface area contributed by atoms with Crippen LogP contribution in [0.4, 0.5) is 18.9 Å². The van der Waals surface area contributed by atoms with Gasteiger partial charge in [0.05, 0.1) is 0 Å². The number of aryl methyl sites for hydroxylation is 1. The lowest BCUT2D eigenvalue weighted by atomic mass is 9.83.